The Balaban J connectivity index is 0. The van der Waals surface area contributed by atoms with E-state index >= 15 is 0 Å². The lowest BCUT2D eigenvalue weighted by molar-refractivity contribution is -0.134. The quantitative estimate of drug-likeness (QED) is 0.0375. The number of nitrogens with two attached hydrogens (primary N) is 3. The van der Waals surface area contributed by atoms with Gasteiger partial charge in [-0.1, -0.05) is 185 Å². The van der Waals surface area contributed by atoms with Crippen LogP contribution in [-0.4, -0.2) is 71.1 Å². The molecule has 0 aromatic heterocycles. The molecule has 12 nitrogen and oxygen atoms in total. The molecule has 0 radical (unpaired) electrons. The first kappa shape index (κ1) is 70.1. The molecule has 0 spiro atoms. The van der Waals surface area contributed by atoms with Gasteiger partial charge in [-0.05, 0) is 70.1 Å². The first-order valence-corrected chi connectivity index (χ1v) is 33.9. The molecule has 6 aromatic carbocycles. The van der Waals surface area contributed by atoms with Gasteiger partial charge in [0.15, 0.2) is 5.78 Å². The van der Waals surface area contributed by atoms with Crippen LogP contribution in [0.2, 0.25) is 0 Å². The van der Waals surface area contributed by atoms with E-state index in [0.29, 0.717) is 17.1 Å². The van der Waals surface area contributed by atoms with Gasteiger partial charge < -0.3 is 27.4 Å². The van der Waals surface area contributed by atoms with Gasteiger partial charge in [-0.2, -0.15) is 0 Å². The summed E-state index contributed by atoms with van der Waals surface area (Å²) in [4.78, 5) is 53.4. The van der Waals surface area contributed by atoms with Crippen LogP contribution in [-0.2, 0) is 92.8 Å². The number of thioether (sulfide) groups is 2. The smallest absolute Gasteiger partial charge is 0.313 e. The second kappa shape index (κ2) is 44.0. The Bertz CT molecular complexity index is 2710. The summed E-state index contributed by atoms with van der Waals surface area (Å²) < 4.78 is 37.3. The maximum Gasteiger partial charge on any atom is 0.313 e. The molecular formula is C51H59Br4N3O9P2S6. The van der Waals surface area contributed by atoms with Gasteiger partial charge in [0.25, 0.3) is 0 Å². The molecule has 0 aliphatic heterocycles. The predicted octanol–water partition coefficient (Wildman–Crippen LogP) is 11.2. The highest BCUT2D eigenvalue weighted by molar-refractivity contribution is 9.11. The van der Waals surface area contributed by atoms with E-state index in [0.717, 1.165) is 62.8 Å². The molecule has 0 saturated heterocycles. The molecule has 8 N–H and O–H groups in total. The maximum atomic E-state index is 11.9. The SMILES string of the molecule is CC(=O)c1ccc(-c2ccccc2CS(=O)CC(N)=O)cc1.NC(=O)CS(=O)Cc1ccccc1Br.NC(=O)CSCc1ccccc1Br.O=C(O)CSCc1ccccc1Br.OCc1ccccc1Br.PP.S=S.[3H][3H]. The van der Waals surface area contributed by atoms with Crippen molar-refractivity contribution in [1.29, 1.82) is 0 Å². The van der Waals surface area contributed by atoms with Crippen molar-refractivity contribution >= 4 is 179 Å². The minimum absolute atomic E-state index is 0.0161. The number of aliphatic hydroxyl groups excluding tert-OH is 1. The standard InChI is InChI=1S/C17H17NO3S.C9H10BrNO2S.C9H10BrNOS.C9H9BrO2S.C7H7BrO.H4P2.S2.H2/c1-12(19)13-6-8-14(9-7-13)16-5-3-2-4-15(16)10-22(21)11-17(18)20;10-8-4-2-1-3-7(8)5-14(13)6-9(11)12;2*10-8-4-2-1-3-7(8)5-13-6-9(11)12;8-7-4-2-1-3-6(7)5-9;2*1-2;/h2-9H,10-11H2,1H3,(H2,18,20);1-4H,5-6H2,(H2,11,12);1-4H,5-6H2,(H2,11,12);1-4H,5-6H2,(H,11,12);1-4,9H,5H2;1-2H2;;1H/i;;;;;;;1+2T. The monoisotopic (exact) mass is 1430 g/mol. The fourth-order valence-electron chi connectivity index (χ4n) is 5.56. The highest BCUT2D eigenvalue weighted by Gasteiger charge is 2.11. The minimum atomic E-state index is -1.33. The number of carbonyl (C=O) groups is 5. The predicted molar refractivity (Wildman–Crippen MR) is 342 cm³/mol. The van der Waals surface area contributed by atoms with Crippen molar-refractivity contribution in [3.63, 3.8) is 0 Å². The number of ketones is 1. The number of benzene rings is 6. The Morgan fingerprint density at radius 1 is 0.547 bits per heavy atom. The van der Waals surface area contributed by atoms with Crippen molar-refractivity contribution in [1.82, 2.24) is 0 Å². The number of amides is 3. The number of carboxylic acids is 1. The van der Waals surface area contributed by atoms with Gasteiger partial charge in [0.1, 0.15) is 11.5 Å². The number of aliphatic carboxylic acids is 1. The summed E-state index contributed by atoms with van der Waals surface area (Å²) in [7, 11) is 2.13. The van der Waals surface area contributed by atoms with Crippen LogP contribution in [0.25, 0.3) is 11.1 Å². The molecule has 75 heavy (non-hydrogen) atoms. The average Bonchev–Trinajstić information content (AvgIpc) is 3.40. The zero-order valence-electron chi connectivity index (χ0n) is 42.3. The van der Waals surface area contributed by atoms with E-state index in [4.69, 9.17) is 30.4 Å². The first-order chi connectivity index (χ1) is 36.8. The van der Waals surface area contributed by atoms with Crippen LogP contribution < -0.4 is 17.2 Å². The second-order valence-electron chi connectivity index (χ2n) is 14.5. The van der Waals surface area contributed by atoms with Crippen LogP contribution in [0.1, 0.15) is 48.1 Å². The Labute approximate surface area is 504 Å². The fraction of sp³-hybridized carbons (Fsp3) is 0.196. The summed E-state index contributed by atoms with van der Waals surface area (Å²) in [6, 6.07) is 45.7. The number of hydrogen-bond acceptors (Lipinski definition) is 12. The van der Waals surface area contributed by atoms with Crippen LogP contribution in [0.4, 0.5) is 0 Å². The number of hydrogen-bond donors (Lipinski definition) is 5. The summed E-state index contributed by atoms with van der Waals surface area (Å²) in [5.74, 6) is 0.353. The van der Waals surface area contributed by atoms with E-state index in [2.05, 4.69) is 104 Å². The molecule has 0 saturated carbocycles. The minimum Gasteiger partial charge on any atom is -0.481 e. The number of carboxylic acid groups (broad SMARTS) is 1. The van der Waals surface area contributed by atoms with Gasteiger partial charge in [0.2, 0.25) is 17.7 Å². The average molecular weight is 1440 g/mol. The normalized spacial score (nSPS) is 10.6. The zero-order valence-corrected chi connectivity index (χ0v) is 53.9. The molecule has 24 heteroatoms. The van der Waals surface area contributed by atoms with E-state index in [-0.39, 0.29) is 41.3 Å². The Hall–Kier alpha value is -2.95. The van der Waals surface area contributed by atoms with Crippen LogP contribution in [0.15, 0.2) is 163 Å². The Morgan fingerprint density at radius 2 is 0.893 bits per heavy atom. The molecule has 4 atom stereocenters. The van der Waals surface area contributed by atoms with E-state index in [1.54, 1.807) is 12.1 Å². The van der Waals surface area contributed by atoms with Crippen LogP contribution in [0, 0.1) is 0 Å². The number of halogens is 4. The van der Waals surface area contributed by atoms with E-state index in [1.165, 1.54) is 36.0 Å². The maximum absolute atomic E-state index is 11.9. The molecule has 0 heterocycles. The molecule has 0 fully saturated rings. The lowest BCUT2D eigenvalue weighted by Gasteiger charge is -2.10. The molecule has 0 aliphatic rings. The van der Waals surface area contributed by atoms with Gasteiger partial charge in [-0.25, -0.2) is 0 Å². The number of primary amides is 3. The lowest BCUT2D eigenvalue weighted by Crippen LogP contribution is -2.20. The van der Waals surface area contributed by atoms with E-state index in [1.807, 2.05) is 133 Å². The fourth-order valence-corrected chi connectivity index (χ4v) is 11.4. The molecular weight excluding hydrogens is 1370 g/mol. The third-order valence-electron chi connectivity index (χ3n) is 8.85. The van der Waals surface area contributed by atoms with Crippen molar-refractivity contribution in [2.45, 2.75) is 36.5 Å². The molecule has 3 amide bonds. The van der Waals surface area contributed by atoms with Crippen LogP contribution >= 0.6 is 105 Å². The summed E-state index contributed by atoms with van der Waals surface area (Å²) >= 11 is 23.7. The molecule has 6 rings (SSSR count). The summed E-state index contributed by atoms with van der Waals surface area (Å²) in [6.07, 6.45) is 0. The molecule has 0 bridgehead atoms. The number of carbonyl (C=O) groups excluding carboxylic acids is 4. The van der Waals surface area contributed by atoms with Crippen molar-refractivity contribution in [3.05, 3.63) is 197 Å². The van der Waals surface area contributed by atoms with Crippen molar-refractivity contribution < 1.29 is 45.6 Å². The first-order valence-electron chi connectivity index (χ1n) is 22.5. The van der Waals surface area contributed by atoms with Crippen molar-refractivity contribution in [2.75, 3.05) is 23.0 Å². The Morgan fingerprint density at radius 3 is 1.24 bits per heavy atom. The zero-order chi connectivity index (χ0) is 58.7. The molecule has 0 aliphatic carbocycles. The molecule has 6 aromatic rings. The van der Waals surface area contributed by atoms with Gasteiger partial charge in [-0.15, -0.1) is 41.4 Å². The third-order valence-corrected chi connectivity index (χ3v) is 16.4. The van der Waals surface area contributed by atoms with Gasteiger partial charge in [-0.3, -0.25) is 32.4 Å². The summed E-state index contributed by atoms with van der Waals surface area (Å²) in [6.45, 7) is 1.62. The number of rotatable bonds is 19. The highest BCUT2D eigenvalue weighted by atomic mass is 79.9. The van der Waals surface area contributed by atoms with Gasteiger partial charge >= 0.3 is 5.97 Å². The summed E-state index contributed by atoms with van der Waals surface area (Å²) in [5, 5.41) is 17.1. The summed E-state index contributed by atoms with van der Waals surface area (Å²) in [5.41, 5.74) is 22.6. The second-order valence-corrected chi connectivity index (χ2v) is 22.9. The third kappa shape index (κ3) is 33.8. The number of aliphatic hydroxyl groups is 1. The Kier molecular flexibility index (Phi) is 41.1. The molecule has 4 unspecified atom stereocenters. The van der Waals surface area contributed by atoms with E-state index < -0.39 is 39.4 Å². The molecule has 406 valence electrons. The van der Waals surface area contributed by atoms with Crippen molar-refractivity contribution in [3.8, 4) is 11.1 Å². The van der Waals surface area contributed by atoms with Crippen LogP contribution in [0.5, 0.6) is 0 Å². The largest absolute Gasteiger partial charge is 0.481 e. The number of Topliss-reactive ketones (excluding diaryl/α,β-unsaturated/α-hetero) is 1. The van der Waals surface area contributed by atoms with Crippen molar-refractivity contribution in [2.24, 2.45) is 17.2 Å². The van der Waals surface area contributed by atoms with Crippen LogP contribution in [0.3, 0.4) is 0 Å². The topological polar surface area (TPSA) is 238 Å². The van der Waals surface area contributed by atoms with E-state index in [9.17, 15) is 32.4 Å². The highest BCUT2D eigenvalue weighted by Crippen LogP contribution is 2.26. The van der Waals surface area contributed by atoms with Gasteiger partial charge in [0, 0.05) is 87.7 Å². The lowest BCUT2D eigenvalue weighted by atomic mass is 9.99. The van der Waals surface area contributed by atoms with Gasteiger partial charge in [0.05, 0.1) is 23.9 Å².